The Labute approximate surface area is 104 Å². The van der Waals surface area contributed by atoms with Crippen molar-refractivity contribution in [2.75, 3.05) is 7.11 Å². The standard InChI is InChI=1S/C15H23NO/c1-14(2,3)12-9-11(5-6-13(12)17-4)10-15(16)7-8-15/h5-6,9H,7-8,10,16H2,1-4H3. The van der Waals surface area contributed by atoms with Gasteiger partial charge in [0, 0.05) is 5.54 Å². The molecule has 2 heteroatoms. The van der Waals surface area contributed by atoms with E-state index in [1.54, 1.807) is 7.11 Å². The lowest BCUT2D eigenvalue weighted by atomic mass is 9.84. The van der Waals surface area contributed by atoms with Gasteiger partial charge in [0.05, 0.1) is 7.11 Å². The topological polar surface area (TPSA) is 35.2 Å². The van der Waals surface area contributed by atoms with Gasteiger partial charge >= 0.3 is 0 Å². The zero-order chi connectivity index (χ0) is 12.7. The summed E-state index contributed by atoms with van der Waals surface area (Å²) in [6.07, 6.45) is 3.30. The van der Waals surface area contributed by atoms with E-state index in [1.165, 1.54) is 11.1 Å². The molecule has 94 valence electrons. The Kier molecular flexibility index (Phi) is 2.94. The monoisotopic (exact) mass is 233 g/mol. The molecule has 1 aliphatic carbocycles. The average Bonchev–Trinajstić information content (AvgIpc) is 2.95. The highest BCUT2D eigenvalue weighted by Gasteiger charge is 2.38. The third-order valence-corrected chi connectivity index (χ3v) is 3.52. The Hall–Kier alpha value is -1.02. The first-order valence-corrected chi connectivity index (χ1v) is 6.30. The van der Waals surface area contributed by atoms with Crippen molar-refractivity contribution in [2.45, 2.75) is 51.0 Å². The zero-order valence-corrected chi connectivity index (χ0v) is 11.3. The number of benzene rings is 1. The lowest BCUT2D eigenvalue weighted by Crippen LogP contribution is -2.24. The first-order chi connectivity index (χ1) is 7.84. The molecule has 0 saturated heterocycles. The van der Waals surface area contributed by atoms with Gasteiger partial charge in [-0.05, 0) is 41.9 Å². The zero-order valence-electron chi connectivity index (χ0n) is 11.3. The number of hydrogen-bond acceptors (Lipinski definition) is 2. The molecule has 0 spiro atoms. The molecule has 0 atom stereocenters. The minimum absolute atomic E-state index is 0.0732. The Morgan fingerprint density at radius 3 is 2.41 bits per heavy atom. The van der Waals surface area contributed by atoms with E-state index < -0.39 is 0 Å². The second-order valence-corrected chi connectivity index (χ2v) is 6.32. The van der Waals surface area contributed by atoms with E-state index in [0.717, 1.165) is 25.0 Å². The van der Waals surface area contributed by atoms with Crippen molar-refractivity contribution in [1.29, 1.82) is 0 Å². The number of rotatable bonds is 3. The molecule has 0 amide bonds. The molecule has 0 heterocycles. The van der Waals surface area contributed by atoms with Gasteiger partial charge < -0.3 is 10.5 Å². The summed E-state index contributed by atoms with van der Waals surface area (Å²) in [5, 5.41) is 0. The number of nitrogens with two attached hydrogens (primary N) is 1. The predicted octanol–water partition coefficient (Wildman–Crippen LogP) is 3.03. The van der Waals surface area contributed by atoms with Crippen LogP contribution in [0.15, 0.2) is 18.2 Å². The van der Waals surface area contributed by atoms with Gasteiger partial charge in [-0.3, -0.25) is 0 Å². The van der Waals surface area contributed by atoms with Gasteiger partial charge in [0.25, 0.3) is 0 Å². The molecular weight excluding hydrogens is 210 g/mol. The Morgan fingerprint density at radius 2 is 1.94 bits per heavy atom. The fourth-order valence-corrected chi connectivity index (χ4v) is 2.20. The molecule has 2 nitrogen and oxygen atoms in total. The molecule has 0 bridgehead atoms. The fourth-order valence-electron chi connectivity index (χ4n) is 2.20. The van der Waals surface area contributed by atoms with E-state index >= 15 is 0 Å². The van der Waals surface area contributed by atoms with E-state index in [1.807, 2.05) is 0 Å². The minimum atomic E-state index is 0.0732. The van der Waals surface area contributed by atoms with Crippen molar-refractivity contribution >= 4 is 0 Å². The maximum absolute atomic E-state index is 6.18. The van der Waals surface area contributed by atoms with Crippen LogP contribution in [0.4, 0.5) is 0 Å². The molecule has 1 aliphatic rings. The smallest absolute Gasteiger partial charge is 0.122 e. The van der Waals surface area contributed by atoms with Crippen LogP contribution < -0.4 is 10.5 Å². The van der Waals surface area contributed by atoms with E-state index in [2.05, 4.69) is 39.0 Å². The van der Waals surface area contributed by atoms with E-state index in [9.17, 15) is 0 Å². The van der Waals surface area contributed by atoms with Crippen LogP contribution in [0.5, 0.6) is 5.75 Å². The van der Waals surface area contributed by atoms with Gasteiger partial charge in [-0.25, -0.2) is 0 Å². The second-order valence-electron chi connectivity index (χ2n) is 6.32. The van der Waals surface area contributed by atoms with Gasteiger partial charge in [-0.1, -0.05) is 32.9 Å². The second kappa shape index (κ2) is 4.02. The van der Waals surface area contributed by atoms with Crippen LogP contribution in [0.1, 0.15) is 44.7 Å². The molecule has 1 fully saturated rings. The molecular formula is C15H23NO. The molecule has 2 N–H and O–H groups in total. The van der Waals surface area contributed by atoms with Crippen molar-refractivity contribution in [3.63, 3.8) is 0 Å². The highest BCUT2D eigenvalue weighted by atomic mass is 16.5. The molecule has 1 saturated carbocycles. The third kappa shape index (κ3) is 2.81. The van der Waals surface area contributed by atoms with Crippen LogP contribution in [0, 0.1) is 0 Å². The maximum atomic E-state index is 6.18. The van der Waals surface area contributed by atoms with Crippen LogP contribution in [0.2, 0.25) is 0 Å². The Balaban J connectivity index is 2.31. The fraction of sp³-hybridized carbons (Fsp3) is 0.600. The summed E-state index contributed by atoms with van der Waals surface area (Å²) in [4.78, 5) is 0. The Bertz CT molecular complexity index is 413. The lowest BCUT2D eigenvalue weighted by Gasteiger charge is -2.23. The molecule has 2 rings (SSSR count). The largest absolute Gasteiger partial charge is 0.496 e. The van der Waals surface area contributed by atoms with Gasteiger partial charge in [-0.15, -0.1) is 0 Å². The molecule has 1 aromatic rings. The number of hydrogen-bond donors (Lipinski definition) is 1. The van der Waals surface area contributed by atoms with Crippen LogP contribution in [-0.2, 0) is 11.8 Å². The number of ether oxygens (including phenoxy) is 1. The van der Waals surface area contributed by atoms with Crippen LogP contribution in [0.25, 0.3) is 0 Å². The van der Waals surface area contributed by atoms with E-state index in [4.69, 9.17) is 10.5 Å². The summed E-state index contributed by atoms with van der Waals surface area (Å²) >= 11 is 0. The van der Waals surface area contributed by atoms with Crippen LogP contribution >= 0.6 is 0 Å². The Morgan fingerprint density at radius 1 is 1.29 bits per heavy atom. The first-order valence-electron chi connectivity index (χ1n) is 6.30. The SMILES string of the molecule is COc1ccc(CC2(N)CC2)cc1C(C)(C)C. The molecule has 17 heavy (non-hydrogen) atoms. The summed E-state index contributed by atoms with van der Waals surface area (Å²) in [7, 11) is 1.73. The van der Waals surface area contributed by atoms with Crippen LogP contribution in [-0.4, -0.2) is 12.6 Å². The van der Waals surface area contributed by atoms with Crippen molar-refractivity contribution in [2.24, 2.45) is 5.73 Å². The van der Waals surface area contributed by atoms with Gasteiger partial charge in [0.2, 0.25) is 0 Å². The molecule has 1 aromatic carbocycles. The van der Waals surface area contributed by atoms with E-state index in [0.29, 0.717) is 0 Å². The highest BCUT2D eigenvalue weighted by Crippen LogP contribution is 2.38. The van der Waals surface area contributed by atoms with Crippen molar-refractivity contribution in [3.05, 3.63) is 29.3 Å². The van der Waals surface area contributed by atoms with Crippen molar-refractivity contribution in [1.82, 2.24) is 0 Å². The number of methoxy groups -OCH3 is 1. The molecule has 0 radical (unpaired) electrons. The van der Waals surface area contributed by atoms with E-state index in [-0.39, 0.29) is 11.0 Å². The summed E-state index contributed by atoms with van der Waals surface area (Å²) in [6.45, 7) is 6.64. The molecule has 0 aliphatic heterocycles. The third-order valence-electron chi connectivity index (χ3n) is 3.52. The van der Waals surface area contributed by atoms with Crippen molar-refractivity contribution < 1.29 is 4.74 Å². The predicted molar refractivity (Wildman–Crippen MR) is 71.6 cm³/mol. The van der Waals surface area contributed by atoms with Crippen molar-refractivity contribution in [3.8, 4) is 5.75 Å². The van der Waals surface area contributed by atoms with Crippen LogP contribution in [0.3, 0.4) is 0 Å². The lowest BCUT2D eigenvalue weighted by molar-refractivity contribution is 0.397. The quantitative estimate of drug-likeness (QED) is 0.871. The summed E-state index contributed by atoms with van der Waals surface area (Å²) < 4.78 is 5.44. The molecule has 0 aromatic heterocycles. The van der Waals surface area contributed by atoms with Gasteiger partial charge in [0.15, 0.2) is 0 Å². The average molecular weight is 233 g/mol. The molecule has 0 unspecified atom stereocenters. The maximum Gasteiger partial charge on any atom is 0.122 e. The highest BCUT2D eigenvalue weighted by molar-refractivity contribution is 5.42. The van der Waals surface area contributed by atoms with Gasteiger partial charge in [0.1, 0.15) is 5.75 Å². The minimum Gasteiger partial charge on any atom is -0.496 e. The summed E-state index contributed by atoms with van der Waals surface area (Å²) in [5.74, 6) is 0.975. The summed E-state index contributed by atoms with van der Waals surface area (Å²) in [6, 6.07) is 6.47. The van der Waals surface area contributed by atoms with Gasteiger partial charge in [-0.2, -0.15) is 0 Å². The summed E-state index contributed by atoms with van der Waals surface area (Å²) in [5.41, 5.74) is 8.95. The first kappa shape index (κ1) is 12.4. The normalized spacial score (nSPS) is 17.9.